The lowest BCUT2D eigenvalue weighted by molar-refractivity contribution is -0.130. The first kappa shape index (κ1) is 29.0. The van der Waals surface area contributed by atoms with Gasteiger partial charge in [-0.25, -0.2) is 4.79 Å². The van der Waals surface area contributed by atoms with Crippen LogP contribution in [-0.2, 0) is 16.0 Å². The largest absolute Gasteiger partial charge is 0.444 e. The molecule has 9 nitrogen and oxygen atoms in total. The summed E-state index contributed by atoms with van der Waals surface area (Å²) >= 11 is 0. The molecule has 0 aromatic heterocycles. The van der Waals surface area contributed by atoms with Gasteiger partial charge in [-0.2, -0.15) is 0 Å². The molecular weight excluding hydrogens is 535 g/mol. The minimum atomic E-state index is -0.521. The number of nitrogens with zero attached hydrogens (tertiary/aromatic N) is 3. The Kier molecular flexibility index (Phi) is 12.5. The number of guanidine groups is 1. The number of hydrogen-bond acceptors (Lipinski definition) is 5. The molecule has 0 unspecified atom stereocenters. The van der Waals surface area contributed by atoms with Crippen LogP contribution in [0.1, 0.15) is 33.3 Å². The highest BCUT2D eigenvalue weighted by molar-refractivity contribution is 14.0. The quantitative estimate of drug-likeness (QED) is 0.263. The number of ether oxygens (including phenoxy) is 1. The van der Waals surface area contributed by atoms with Crippen molar-refractivity contribution in [3.63, 3.8) is 0 Å². The zero-order valence-electron chi connectivity index (χ0n) is 20.4. The Bertz CT molecular complexity index is 771. The van der Waals surface area contributed by atoms with Crippen molar-refractivity contribution in [2.24, 2.45) is 4.99 Å². The van der Waals surface area contributed by atoms with Gasteiger partial charge in [0.05, 0.1) is 0 Å². The molecule has 1 aliphatic rings. The van der Waals surface area contributed by atoms with Crippen molar-refractivity contribution >= 4 is 47.6 Å². The summed E-state index contributed by atoms with van der Waals surface area (Å²) in [5.41, 5.74) is 1.34. The summed E-state index contributed by atoms with van der Waals surface area (Å²) in [5.74, 6) is 0.928. The summed E-state index contributed by atoms with van der Waals surface area (Å²) in [4.78, 5) is 31.8. The molecule has 0 aliphatic carbocycles. The number of piperazine rings is 1. The van der Waals surface area contributed by atoms with E-state index in [2.05, 4.69) is 25.8 Å². The van der Waals surface area contributed by atoms with E-state index < -0.39 is 11.7 Å². The topological polar surface area (TPSA) is 98.3 Å². The Hall–Kier alpha value is -2.08. The zero-order valence-corrected chi connectivity index (χ0v) is 22.8. The number of hydrogen-bond donors (Lipinski definition) is 3. The first-order valence-corrected chi connectivity index (χ1v) is 11.2. The van der Waals surface area contributed by atoms with Crippen LogP contribution >= 0.6 is 24.0 Å². The van der Waals surface area contributed by atoms with Crippen LogP contribution in [0.3, 0.4) is 0 Å². The van der Waals surface area contributed by atoms with Crippen LogP contribution in [0, 0.1) is 0 Å². The Labute approximate surface area is 214 Å². The van der Waals surface area contributed by atoms with E-state index in [1.807, 2.05) is 49.9 Å². The Morgan fingerprint density at radius 1 is 1.03 bits per heavy atom. The number of halogens is 1. The zero-order chi connectivity index (χ0) is 23.6. The Morgan fingerprint density at radius 3 is 2.18 bits per heavy atom. The maximum Gasteiger partial charge on any atom is 0.412 e. The Balaban J connectivity index is 0.00000544. The molecule has 3 N–H and O–H groups in total. The fourth-order valence-corrected chi connectivity index (χ4v) is 3.34. The third-order valence-electron chi connectivity index (χ3n) is 5.07. The van der Waals surface area contributed by atoms with E-state index in [-0.39, 0.29) is 29.9 Å². The lowest BCUT2D eigenvalue weighted by Gasteiger charge is -2.34. The van der Waals surface area contributed by atoms with E-state index in [9.17, 15) is 9.59 Å². The third kappa shape index (κ3) is 11.6. The monoisotopic (exact) mass is 574 g/mol. The molecule has 1 aliphatic heterocycles. The van der Waals surface area contributed by atoms with Gasteiger partial charge in [0.2, 0.25) is 5.91 Å². The molecule has 186 valence electrons. The summed E-state index contributed by atoms with van der Waals surface area (Å²) in [6.07, 6.45) is 0.378. The first-order chi connectivity index (χ1) is 15.2. The van der Waals surface area contributed by atoms with Gasteiger partial charge in [0, 0.05) is 65.5 Å². The highest BCUT2D eigenvalue weighted by Gasteiger charge is 2.18. The molecule has 0 spiro atoms. The molecule has 0 atom stereocenters. The Morgan fingerprint density at radius 2 is 1.64 bits per heavy atom. The minimum Gasteiger partial charge on any atom is -0.444 e. The van der Waals surface area contributed by atoms with Crippen LogP contribution in [0.2, 0.25) is 0 Å². The van der Waals surface area contributed by atoms with Gasteiger partial charge < -0.3 is 20.3 Å². The molecule has 2 rings (SSSR count). The number of carbonyl (C=O) groups is 2. The average molecular weight is 575 g/mol. The minimum absolute atomic E-state index is 0. The molecular formula is C23H39IN6O3. The van der Waals surface area contributed by atoms with Gasteiger partial charge in [-0.1, -0.05) is 12.1 Å². The molecule has 1 heterocycles. The van der Waals surface area contributed by atoms with E-state index in [4.69, 9.17) is 4.74 Å². The summed E-state index contributed by atoms with van der Waals surface area (Å²) in [6, 6.07) is 7.73. The third-order valence-corrected chi connectivity index (χ3v) is 5.07. The number of anilines is 1. The number of carbonyl (C=O) groups excluding carboxylic acids is 2. The summed E-state index contributed by atoms with van der Waals surface area (Å²) in [5, 5.41) is 9.41. The van der Waals surface area contributed by atoms with Crippen LogP contribution in [0.4, 0.5) is 10.5 Å². The SMILES string of the molecule is CN=C(NCCc1ccc(NC(=O)OC(C)(C)C)cc1)NCCN1CCN(C(C)=O)CC1.I. The predicted octanol–water partition coefficient (Wildman–Crippen LogP) is 2.52. The number of aliphatic imine (C=N–C) groups is 1. The fraction of sp³-hybridized carbons (Fsp3) is 0.609. The van der Waals surface area contributed by atoms with Crippen molar-refractivity contribution in [1.29, 1.82) is 0 Å². The number of rotatable bonds is 7. The normalized spacial score (nSPS) is 14.8. The molecule has 1 fully saturated rings. The molecule has 10 heteroatoms. The highest BCUT2D eigenvalue weighted by Crippen LogP contribution is 2.13. The second kappa shape index (κ2) is 14.2. The van der Waals surface area contributed by atoms with Gasteiger partial charge >= 0.3 is 6.09 Å². The second-order valence-corrected chi connectivity index (χ2v) is 8.85. The van der Waals surface area contributed by atoms with Gasteiger partial charge in [-0.3, -0.25) is 20.0 Å². The van der Waals surface area contributed by atoms with Crippen LogP contribution in [0.5, 0.6) is 0 Å². The van der Waals surface area contributed by atoms with Gasteiger partial charge in [-0.15, -0.1) is 24.0 Å². The van der Waals surface area contributed by atoms with Crippen LogP contribution in [-0.4, -0.2) is 86.2 Å². The molecule has 0 radical (unpaired) electrons. The molecule has 1 aromatic rings. The summed E-state index contributed by atoms with van der Waals surface area (Å²) in [7, 11) is 1.76. The van der Waals surface area contributed by atoms with Gasteiger partial charge in [0.1, 0.15) is 5.60 Å². The van der Waals surface area contributed by atoms with Crippen molar-refractivity contribution in [2.75, 3.05) is 58.2 Å². The van der Waals surface area contributed by atoms with Crippen molar-refractivity contribution < 1.29 is 14.3 Å². The maximum absolute atomic E-state index is 11.8. The lowest BCUT2D eigenvalue weighted by atomic mass is 10.1. The number of amides is 2. The fourth-order valence-electron chi connectivity index (χ4n) is 3.34. The first-order valence-electron chi connectivity index (χ1n) is 11.2. The van der Waals surface area contributed by atoms with E-state index in [1.54, 1.807) is 14.0 Å². The number of benzene rings is 1. The molecule has 2 amide bonds. The van der Waals surface area contributed by atoms with Crippen molar-refractivity contribution in [3.05, 3.63) is 29.8 Å². The predicted molar refractivity (Wildman–Crippen MR) is 143 cm³/mol. The summed E-state index contributed by atoms with van der Waals surface area (Å²) in [6.45, 7) is 13.0. The molecule has 1 saturated heterocycles. The second-order valence-electron chi connectivity index (χ2n) is 8.85. The molecule has 33 heavy (non-hydrogen) atoms. The molecule has 0 saturated carbocycles. The maximum atomic E-state index is 11.8. The van der Waals surface area contributed by atoms with Crippen LogP contribution < -0.4 is 16.0 Å². The van der Waals surface area contributed by atoms with Gasteiger partial charge in [0.15, 0.2) is 5.96 Å². The van der Waals surface area contributed by atoms with Gasteiger partial charge in [0.25, 0.3) is 0 Å². The number of nitrogens with one attached hydrogen (secondary N) is 3. The van der Waals surface area contributed by atoms with E-state index in [1.165, 1.54) is 0 Å². The van der Waals surface area contributed by atoms with E-state index in [0.29, 0.717) is 5.69 Å². The van der Waals surface area contributed by atoms with Crippen LogP contribution in [0.15, 0.2) is 29.3 Å². The smallest absolute Gasteiger partial charge is 0.412 e. The van der Waals surface area contributed by atoms with Crippen molar-refractivity contribution in [2.45, 2.75) is 39.7 Å². The van der Waals surface area contributed by atoms with Crippen molar-refractivity contribution in [3.8, 4) is 0 Å². The van der Waals surface area contributed by atoms with E-state index in [0.717, 1.165) is 63.8 Å². The molecule has 0 bridgehead atoms. The van der Waals surface area contributed by atoms with Gasteiger partial charge in [-0.05, 0) is 44.9 Å². The highest BCUT2D eigenvalue weighted by atomic mass is 127. The standard InChI is InChI=1S/C23H38N6O3.HI/c1-18(30)29-16-14-28(15-17-29)13-12-26-21(24-5)25-11-10-19-6-8-20(9-7-19)27-22(31)32-23(2,3)4;/h6-9H,10-17H2,1-5H3,(H,27,31)(H2,24,25,26);1H. The van der Waals surface area contributed by atoms with Crippen molar-refractivity contribution in [1.82, 2.24) is 20.4 Å². The summed E-state index contributed by atoms with van der Waals surface area (Å²) < 4.78 is 5.26. The lowest BCUT2D eigenvalue weighted by Crippen LogP contribution is -2.50. The van der Waals surface area contributed by atoms with Crippen LogP contribution in [0.25, 0.3) is 0 Å². The van der Waals surface area contributed by atoms with E-state index >= 15 is 0 Å². The average Bonchev–Trinajstić information content (AvgIpc) is 2.72. The molecule has 1 aromatic carbocycles.